The number of aryl methyl sites for hydroxylation is 1. The topological polar surface area (TPSA) is 54.0 Å². The van der Waals surface area contributed by atoms with Crippen LogP contribution in [-0.4, -0.2) is 17.4 Å². The highest BCUT2D eigenvalue weighted by molar-refractivity contribution is 6.04. The molecule has 2 N–H and O–H groups in total. The Hall–Kier alpha value is -3.21. The molecule has 1 amide bonds. The molecule has 0 bridgehead atoms. The maximum Gasteiger partial charge on any atom is 0.257 e. The van der Waals surface area contributed by atoms with E-state index in [0.29, 0.717) is 12.1 Å². The van der Waals surface area contributed by atoms with Crippen LogP contribution in [0.15, 0.2) is 67.0 Å². The van der Waals surface area contributed by atoms with Crippen molar-refractivity contribution in [2.45, 2.75) is 19.8 Å². The SMILES string of the molecule is CCc1ccccc1NC(=O)c1cncc(NCCc2ccc(F)cc2)c1. The lowest BCUT2D eigenvalue weighted by Gasteiger charge is -2.11. The van der Waals surface area contributed by atoms with Crippen molar-refractivity contribution in [2.24, 2.45) is 0 Å². The number of nitrogens with zero attached hydrogens (tertiary/aromatic N) is 1. The fourth-order valence-corrected chi connectivity index (χ4v) is 2.81. The largest absolute Gasteiger partial charge is 0.383 e. The quantitative estimate of drug-likeness (QED) is 0.640. The van der Waals surface area contributed by atoms with Crippen LogP contribution in [0.2, 0.25) is 0 Å². The molecule has 1 aromatic heterocycles. The summed E-state index contributed by atoms with van der Waals surface area (Å²) >= 11 is 0. The molecule has 0 aliphatic heterocycles. The molecule has 0 unspecified atom stereocenters. The zero-order valence-corrected chi connectivity index (χ0v) is 15.2. The van der Waals surface area contributed by atoms with Crippen LogP contribution >= 0.6 is 0 Å². The van der Waals surface area contributed by atoms with E-state index in [1.165, 1.54) is 12.1 Å². The summed E-state index contributed by atoms with van der Waals surface area (Å²) in [5.41, 5.74) is 4.22. The van der Waals surface area contributed by atoms with Crippen LogP contribution in [0.3, 0.4) is 0 Å². The molecule has 0 aliphatic carbocycles. The second-order valence-corrected chi connectivity index (χ2v) is 6.23. The van der Waals surface area contributed by atoms with Gasteiger partial charge in [-0.05, 0) is 48.2 Å². The third-order valence-electron chi connectivity index (χ3n) is 4.30. The molecule has 0 saturated heterocycles. The number of hydrogen-bond acceptors (Lipinski definition) is 3. The number of pyridine rings is 1. The Morgan fingerprint density at radius 3 is 2.63 bits per heavy atom. The van der Waals surface area contributed by atoms with Gasteiger partial charge in [-0.3, -0.25) is 9.78 Å². The Kier molecular flexibility index (Phi) is 6.15. The summed E-state index contributed by atoms with van der Waals surface area (Å²) < 4.78 is 12.9. The molecule has 3 aromatic rings. The standard InChI is InChI=1S/C22H22FN3O/c1-2-17-5-3-4-6-21(17)26-22(27)18-13-20(15-24-14-18)25-12-11-16-7-9-19(23)10-8-16/h3-10,13-15,25H,2,11-12H2,1H3,(H,26,27). The normalized spacial score (nSPS) is 10.4. The molecule has 4 nitrogen and oxygen atoms in total. The number of anilines is 2. The van der Waals surface area contributed by atoms with Crippen LogP contribution in [0.1, 0.15) is 28.4 Å². The maximum absolute atomic E-state index is 12.9. The minimum absolute atomic E-state index is 0.189. The second-order valence-electron chi connectivity index (χ2n) is 6.23. The van der Waals surface area contributed by atoms with Crippen molar-refractivity contribution in [3.05, 3.63) is 89.5 Å². The number of carbonyl (C=O) groups is 1. The van der Waals surface area contributed by atoms with Crippen LogP contribution in [0.5, 0.6) is 0 Å². The second kappa shape index (κ2) is 8.94. The Morgan fingerprint density at radius 2 is 1.85 bits per heavy atom. The van der Waals surface area contributed by atoms with Gasteiger partial charge in [0.05, 0.1) is 11.3 Å². The van der Waals surface area contributed by atoms with Crippen LogP contribution in [0.4, 0.5) is 15.8 Å². The first-order chi connectivity index (χ1) is 13.2. The number of hydrogen-bond donors (Lipinski definition) is 2. The highest BCUT2D eigenvalue weighted by atomic mass is 19.1. The van der Waals surface area contributed by atoms with Gasteiger partial charge >= 0.3 is 0 Å². The zero-order valence-electron chi connectivity index (χ0n) is 15.2. The molecule has 27 heavy (non-hydrogen) atoms. The van der Waals surface area contributed by atoms with E-state index < -0.39 is 0 Å². The van der Waals surface area contributed by atoms with Gasteiger partial charge in [-0.25, -0.2) is 4.39 Å². The van der Waals surface area contributed by atoms with Gasteiger partial charge in [0.15, 0.2) is 0 Å². The van der Waals surface area contributed by atoms with Crippen molar-refractivity contribution in [3.63, 3.8) is 0 Å². The number of benzene rings is 2. The van der Waals surface area contributed by atoms with E-state index in [-0.39, 0.29) is 11.7 Å². The number of halogens is 1. The number of rotatable bonds is 7. The number of para-hydroxylation sites is 1. The molecule has 1 heterocycles. The third-order valence-corrected chi connectivity index (χ3v) is 4.30. The lowest BCUT2D eigenvalue weighted by molar-refractivity contribution is 0.102. The molecule has 0 spiro atoms. The van der Waals surface area contributed by atoms with Crippen LogP contribution < -0.4 is 10.6 Å². The highest BCUT2D eigenvalue weighted by Gasteiger charge is 2.09. The molecule has 5 heteroatoms. The van der Waals surface area contributed by atoms with E-state index in [9.17, 15) is 9.18 Å². The molecular weight excluding hydrogens is 341 g/mol. The van der Waals surface area contributed by atoms with Crippen molar-refractivity contribution in [3.8, 4) is 0 Å². The van der Waals surface area contributed by atoms with Gasteiger partial charge in [-0.1, -0.05) is 37.3 Å². The molecule has 0 radical (unpaired) electrons. The lowest BCUT2D eigenvalue weighted by Crippen LogP contribution is -2.14. The van der Waals surface area contributed by atoms with Crippen molar-refractivity contribution >= 4 is 17.3 Å². The van der Waals surface area contributed by atoms with E-state index in [2.05, 4.69) is 22.5 Å². The Bertz CT molecular complexity index is 909. The number of carbonyl (C=O) groups excluding carboxylic acids is 1. The highest BCUT2D eigenvalue weighted by Crippen LogP contribution is 2.17. The van der Waals surface area contributed by atoms with Crippen LogP contribution in [0.25, 0.3) is 0 Å². The van der Waals surface area contributed by atoms with Gasteiger partial charge in [-0.2, -0.15) is 0 Å². The summed E-state index contributed by atoms with van der Waals surface area (Å²) in [6, 6.07) is 16.0. The average molecular weight is 363 g/mol. The molecule has 0 atom stereocenters. The molecular formula is C22H22FN3O. The third kappa shape index (κ3) is 5.14. The van der Waals surface area contributed by atoms with E-state index in [4.69, 9.17) is 0 Å². The van der Waals surface area contributed by atoms with E-state index >= 15 is 0 Å². The van der Waals surface area contributed by atoms with Crippen LogP contribution in [-0.2, 0) is 12.8 Å². The Labute approximate surface area is 158 Å². The van der Waals surface area contributed by atoms with Gasteiger partial charge < -0.3 is 10.6 Å². The summed E-state index contributed by atoms with van der Waals surface area (Å²) in [5.74, 6) is -0.426. The van der Waals surface area contributed by atoms with E-state index in [1.54, 1.807) is 30.6 Å². The van der Waals surface area contributed by atoms with Crippen LogP contribution in [0, 0.1) is 5.82 Å². The lowest BCUT2D eigenvalue weighted by atomic mass is 10.1. The number of aromatic nitrogens is 1. The summed E-state index contributed by atoms with van der Waals surface area (Å²) in [7, 11) is 0. The first kappa shape index (κ1) is 18.6. The monoisotopic (exact) mass is 363 g/mol. The Morgan fingerprint density at radius 1 is 1.07 bits per heavy atom. The number of nitrogens with one attached hydrogen (secondary N) is 2. The first-order valence-electron chi connectivity index (χ1n) is 8.98. The molecule has 2 aromatic carbocycles. The zero-order chi connectivity index (χ0) is 19.1. The predicted octanol–water partition coefficient (Wildman–Crippen LogP) is 4.69. The summed E-state index contributed by atoms with van der Waals surface area (Å²) in [6.45, 7) is 2.72. The fourth-order valence-electron chi connectivity index (χ4n) is 2.81. The Balaban J connectivity index is 1.60. The van der Waals surface area contributed by atoms with Gasteiger partial charge in [0, 0.05) is 24.6 Å². The minimum Gasteiger partial charge on any atom is -0.383 e. The molecule has 0 aliphatic rings. The van der Waals surface area contributed by atoms with E-state index in [0.717, 1.165) is 35.3 Å². The van der Waals surface area contributed by atoms with Gasteiger partial charge in [0.1, 0.15) is 5.82 Å². The smallest absolute Gasteiger partial charge is 0.257 e. The first-order valence-corrected chi connectivity index (χ1v) is 8.98. The summed E-state index contributed by atoms with van der Waals surface area (Å²) in [4.78, 5) is 16.7. The molecule has 3 rings (SSSR count). The molecule has 0 saturated carbocycles. The van der Waals surface area contributed by atoms with Crippen molar-refractivity contribution in [1.82, 2.24) is 4.98 Å². The predicted molar refractivity (Wildman–Crippen MR) is 107 cm³/mol. The van der Waals surface area contributed by atoms with Crippen molar-refractivity contribution in [2.75, 3.05) is 17.2 Å². The van der Waals surface area contributed by atoms with Gasteiger partial charge in [0.2, 0.25) is 0 Å². The average Bonchev–Trinajstić information content (AvgIpc) is 2.70. The summed E-state index contributed by atoms with van der Waals surface area (Å²) in [5, 5.41) is 6.20. The fraction of sp³-hybridized carbons (Fsp3) is 0.182. The maximum atomic E-state index is 12.9. The summed E-state index contributed by atoms with van der Waals surface area (Å²) in [6.07, 6.45) is 4.83. The van der Waals surface area contributed by atoms with Gasteiger partial charge in [0.25, 0.3) is 5.91 Å². The minimum atomic E-state index is -0.237. The van der Waals surface area contributed by atoms with E-state index in [1.807, 2.05) is 24.3 Å². The number of amides is 1. The van der Waals surface area contributed by atoms with Gasteiger partial charge in [-0.15, -0.1) is 0 Å². The molecule has 138 valence electrons. The van der Waals surface area contributed by atoms with Crippen molar-refractivity contribution < 1.29 is 9.18 Å². The molecule has 0 fully saturated rings. The van der Waals surface area contributed by atoms with Crippen molar-refractivity contribution in [1.29, 1.82) is 0 Å².